The van der Waals surface area contributed by atoms with Gasteiger partial charge in [-0.3, -0.25) is 0 Å². The molecular formula is C11H15NO. The third-order valence-corrected chi connectivity index (χ3v) is 2.77. The zero-order valence-electron chi connectivity index (χ0n) is 8.13. The number of methoxy groups -OCH3 is 1. The summed E-state index contributed by atoms with van der Waals surface area (Å²) in [4.78, 5) is 0. The van der Waals surface area contributed by atoms with Gasteiger partial charge in [-0.2, -0.15) is 0 Å². The second-order valence-electron chi connectivity index (χ2n) is 3.84. The van der Waals surface area contributed by atoms with Crippen molar-refractivity contribution < 1.29 is 4.74 Å². The number of ether oxygens (including phenoxy) is 1. The van der Waals surface area contributed by atoms with Crippen LogP contribution in [0, 0.1) is 6.92 Å². The van der Waals surface area contributed by atoms with E-state index in [1.165, 1.54) is 11.1 Å². The second-order valence-corrected chi connectivity index (χ2v) is 3.84. The van der Waals surface area contributed by atoms with E-state index in [0.29, 0.717) is 0 Å². The molecule has 70 valence electrons. The molecule has 0 unspecified atom stereocenters. The standard InChI is InChI=1S/C11H15NO/c1-8-3-4-9(13-2)7-10(8)11(12)5-6-11/h3-4,7H,5-6,12H2,1-2H3. The minimum atomic E-state index is -0.0569. The first-order chi connectivity index (χ1) is 6.15. The molecule has 0 spiro atoms. The van der Waals surface area contributed by atoms with Crippen LogP contribution in [0.2, 0.25) is 0 Å². The lowest BCUT2D eigenvalue weighted by Gasteiger charge is -2.13. The lowest BCUT2D eigenvalue weighted by molar-refractivity contribution is 0.413. The van der Waals surface area contributed by atoms with Gasteiger partial charge in [0.1, 0.15) is 5.75 Å². The van der Waals surface area contributed by atoms with Crippen LogP contribution in [-0.4, -0.2) is 7.11 Å². The summed E-state index contributed by atoms with van der Waals surface area (Å²) >= 11 is 0. The Morgan fingerprint density at radius 2 is 2.08 bits per heavy atom. The fourth-order valence-corrected chi connectivity index (χ4v) is 1.67. The summed E-state index contributed by atoms with van der Waals surface area (Å²) in [6.07, 6.45) is 2.20. The van der Waals surface area contributed by atoms with E-state index in [1.807, 2.05) is 6.07 Å². The van der Waals surface area contributed by atoms with Crippen molar-refractivity contribution in [1.29, 1.82) is 0 Å². The molecule has 0 heterocycles. The van der Waals surface area contributed by atoms with Gasteiger partial charge in [-0.25, -0.2) is 0 Å². The highest BCUT2D eigenvalue weighted by atomic mass is 16.5. The number of benzene rings is 1. The Morgan fingerprint density at radius 3 is 2.62 bits per heavy atom. The Bertz CT molecular complexity index is 329. The molecule has 1 saturated carbocycles. The van der Waals surface area contributed by atoms with Gasteiger partial charge in [-0.1, -0.05) is 6.07 Å². The van der Waals surface area contributed by atoms with E-state index >= 15 is 0 Å². The largest absolute Gasteiger partial charge is 0.497 e. The van der Waals surface area contributed by atoms with Crippen LogP contribution in [0.15, 0.2) is 18.2 Å². The molecule has 0 bridgehead atoms. The smallest absolute Gasteiger partial charge is 0.119 e. The molecule has 0 amide bonds. The van der Waals surface area contributed by atoms with Crippen molar-refractivity contribution >= 4 is 0 Å². The molecule has 1 fully saturated rings. The number of nitrogens with two attached hydrogens (primary N) is 1. The van der Waals surface area contributed by atoms with E-state index in [2.05, 4.69) is 19.1 Å². The van der Waals surface area contributed by atoms with E-state index in [-0.39, 0.29) is 5.54 Å². The highest BCUT2D eigenvalue weighted by Gasteiger charge is 2.41. The van der Waals surface area contributed by atoms with Gasteiger partial charge in [-0.05, 0) is 43.0 Å². The number of rotatable bonds is 2. The maximum atomic E-state index is 6.14. The monoisotopic (exact) mass is 177 g/mol. The lowest BCUT2D eigenvalue weighted by Crippen LogP contribution is -2.19. The van der Waals surface area contributed by atoms with Gasteiger partial charge in [0.15, 0.2) is 0 Å². The molecule has 0 aliphatic heterocycles. The van der Waals surface area contributed by atoms with Crippen molar-refractivity contribution in [3.05, 3.63) is 29.3 Å². The van der Waals surface area contributed by atoms with Gasteiger partial charge in [-0.15, -0.1) is 0 Å². The quantitative estimate of drug-likeness (QED) is 0.749. The highest BCUT2D eigenvalue weighted by Crippen LogP contribution is 2.44. The van der Waals surface area contributed by atoms with Gasteiger partial charge in [0.05, 0.1) is 7.11 Å². The molecule has 2 N–H and O–H groups in total. The van der Waals surface area contributed by atoms with Crippen LogP contribution < -0.4 is 10.5 Å². The normalized spacial score (nSPS) is 18.4. The number of hydrogen-bond donors (Lipinski definition) is 1. The summed E-state index contributed by atoms with van der Waals surface area (Å²) in [6.45, 7) is 2.10. The molecule has 0 saturated heterocycles. The fourth-order valence-electron chi connectivity index (χ4n) is 1.67. The van der Waals surface area contributed by atoms with Crippen LogP contribution in [0.4, 0.5) is 0 Å². The maximum absolute atomic E-state index is 6.14. The molecule has 1 aromatic carbocycles. The van der Waals surface area contributed by atoms with E-state index in [0.717, 1.165) is 18.6 Å². The zero-order valence-corrected chi connectivity index (χ0v) is 8.13. The molecule has 13 heavy (non-hydrogen) atoms. The van der Waals surface area contributed by atoms with E-state index in [4.69, 9.17) is 10.5 Å². The first-order valence-electron chi connectivity index (χ1n) is 4.60. The van der Waals surface area contributed by atoms with Gasteiger partial charge in [0, 0.05) is 5.54 Å². The van der Waals surface area contributed by atoms with E-state index < -0.39 is 0 Å². The third kappa shape index (κ3) is 1.42. The van der Waals surface area contributed by atoms with Crippen molar-refractivity contribution in [2.45, 2.75) is 25.3 Å². The van der Waals surface area contributed by atoms with Gasteiger partial charge >= 0.3 is 0 Å². The van der Waals surface area contributed by atoms with E-state index in [1.54, 1.807) is 7.11 Å². The van der Waals surface area contributed by atoms with Crippen molar-refractivity contribution in [2.24, 2.45) is 5.73 Å². The Morgan fingerprint density at radius 1 is 1.38 bits per heavy atom. The van der Waals surface area contributed by atoms with Gasteiger partial charge < -0.3 is 10.5 Å². The summed E-state index contributed by atoms with van der Waals surface area (Å²) in [5, 5.41) is 0. The molecule has 0 aromatic heterocycles. The molecule has 0 radical (unpaired) electrons. The summed E-state index contributed by atoms with van der Waals surface area (Å²) in [6, 6.07) is 6.11. The van der Waals surface area contributed by atoms with Crippen LogP contribution in [0.1, 0.15) is 24.0 Å². The lowest BCUT2D eigenvalue weighted by atomic mass is 10.00. The molecule has 2 rings (SSSR count). The molecule has 1 aliphatic carbocycles. The minimum absolute atomic E-state index is 0.0569. The Kier molecular flexibility index (Phi) is 1.81. The van der Waals surface area contributed by atoms with Crippen LogP contribution in [-0.2, 0) is 5.54 Å². The van der Waals surface area contributed by atoms with Crippen LogP contribution in [0.5, 0.6) is 5.75 Å². The number of hydrogen-bond acceptors (Lipinski definition) is 2. The maximum Gasteiger partial charge on any atom is 0.119 e. The molecule has 2 nitrogen and oxygen atoms in total. The van der Waals surface area contributed by atoms with Crippen LogP contribution in [0.25, 0.3) is 0 Å². The predicted molar refractivity (Wildman–Crippen MR) is 52.8 cm³/mol. The SMILES string of the molecule is COc1ccc(C)c(C2(N)CC2)c1. The Labute approximate surface area is 78.7 Å². The Hall–Kier alpha value is -1.02. The summed E-state index contributed by atoms with van der Waals surface area (Å²) in [5.74, 6) is 0.900. The van der Waals surface area contributed by atoms with E-state index in [9.17, 15) is 0 Å². The third-order valence-electron chi connectivity index (χ3n) is 2.77. The zero-order chi connectivity index (χ0) is 9.47. The summed E-state index contributed by atoms with van der Waals surface area (Å²) < 4.78 is 5.18. The van der Waals surface area contributed by atoms with Crippen molar-refractivity contribution in [1.82, 2.24) is 0 Å². The summed E-state index contributed by atoms with van der Waals surface area (Å²) in [5.41, 5.74) is 8.59. The average Bonchev–Trinajstić information content (AvgIpc) is 2.86. The molecular weight excluding hydrogens is 162 g/mol. The van der Waals surface area contributed by atoms with Crippen LogP contribution in [0.3, 0.4) is 0 Å². The first-order valence-corrected chi connectivity index (χ1v) is 4.60. The van der Waals surface area contributed by atoms with Crippen LogP contribution >= 0.6 is 0 Å². The molecule has 1 aliphatic rings. The Balaban J connectivity index is 2.43. The van der Waals surface area contributed by atoms with Crippen molar-refractivity contribution in [2.75, 3.05) is 7.11 Å². The topological polar surface area (TPSA) is 35.2 Å². The first kappa shape index (κ1) is 8.57. The second kappa shape index (κ2) is 2.74. The van der Waals surface area contributed by atoms with Gasteiger partial charge in [0.25, 0.3) is 0 Å². The predicted octanol–water partition coefficient (Wildman–Crippen LogP) is 1.95. The molecule has 0 atom stereocenters. The fraction of sp³-hybridized carbons (Fsp3) is 0.455. The minimum Gasteiger partial charge on any atom is -0.497 e. The summed E-state index contributed by atoms with van der Waals surface area (Å²) in [7, 11) is 1.69. The molecule has 2 heteroatoms. The number of aryl methyl sites for hydroxylation is 1. The average molecular weight is 177 g/mol. The van der Waals surface area contributed by atoms with Crippen molar-refractivity contribution in [3.63, 3.8) is 0 Å². The van der Waals surface area contributed by atoms with Crippen molar-refractivity contribution in [3.8, 4) is 5.75 Å². The highest BCUT2D eigenvalue weighted by molar-refractivity contribution is 5.42. The molecule has 1 aromatic rings. The van der Waals surface area contributed by atoms with Gasteiger partial charge in [0.2, 0.25) is 0 Å².